The predicted octanol–water partition coefficient (Wildman–Crippen LogP) is 2.66. The molecule has 0 spiro atoms. The Morgan fingerprint density at radius 1 is 1.26 bits per heavy atom. The van der Waals surface area contributed by atoms with Gasteiger partial charge in [0, 0.05) is 38.8 Å². The molecular formula is C16H32N2O. The van der Waals surface area contributed by atoms with E-state index in [1.807, 2.05) is 7.11 Å². The summed E-state index contributed by atoms with van der Waals surface area (Å²) >= 11 is 0. The van der Waals surface area contributed by atoms with E-state index in [-0.39, 0.29) is 5.54 Å². The second-order valence-corrected chi connectivity index (χ2v) is 7.69. The van der Waals surface area contributed by atoms with Crippen molar-refractivity contribution in [3.8, 4) is 0 Å². The number of hydrogen-bond acceptors (Lipinski definition) is 3. The smallest absolute Gasteiger partial charge is 0.0710 e. The Hall–Kier alpha value is -0.120. The molecule has 0 aromatic carbocycles. The summed E-state index contributed by atoms with van der Waals surface area (Å²) in [6, 6.07) is 0. The maximum absolute atomic E-state index is 5.50. The molecule has 3 nitrogen and oxygen atoms in total. The molecule has 19 heavy (non-hydrogen) atoms. The number of methoxy groups -OCH3 is 1. The number of nitrogens with zero attached hydrogens (tertiary/aromatic N) is 1. The second kappa shape index (κ2) is 6.11. The van der Waals surface area contributed by atoms with Crippen molar-refractivity contribution in [2.24, 2.45) is 5.41 Å². The monoisotopic (exact) mass is 268 g/mol. The van der Waals surface area contributed by atoms with Crippen molar-refractivity contribution in [2.45, 2.75) is 64.5 Å². The maximum atomic E-state index is 5.50. The molecule has 1 unspecified atom stereocenters. The van der Waals surface area contributed by atoms with E-state index >= 15 is 0 Å². The fourth-order valence-corrected chi connectivity index (χ4v) is 3.58. The number of rotatable bonds is 5. The first-order valence-electron chi connectivity index (χ1n) is 7.93. The van der Waals surface area contributed by atoms with Crippen molar-refractivity contribution in [1.29, 1.82) is 0 Å². The molecule has 2 fully saturated rings. The van der Waals surface area contributed by atoms with Gasteiger partial charge in [-0.15, -0.1) is 0 Å². The van der Waals surface area contributed by atoms with Gasteiger partial charge in [-0.25, -0.2) is 0 Å². The minimum absolute atomic E-state index is 0.232. The van der Waals surface area contributed by atoms with Crippen LogP contribution in [-0.2, 0) is 4.74 Å². The summed E-state index contributed by atoms with van der Waals surface area (Å²) in [5.74, 6) is 0. The van der Waals surface area contributed by atoms with Crippen LogP contribution in [0.2, 0.25) is 0 Å². The van der Waals surface area contributed by atoms with E-state index in [1.165, 1.54) is 51.7 Å². The molecule has 2 aliphatic rings. The summed E-state index contributed by atoms with van der Waals surface area (Å²) in [6.45, 7) is 11.6. The van der Waals surface area contributed by atoms with E-state index in [2.05, 4.69) is 31.0 Å². The van der Waals surface area contributed by atoms with Gasteiger partial charge in [0.15, 0.2) is 0 Å². The summed E-state index contributed by atoms with van der Waals surface area (Å²) in [7, 11) is 1.85. The highest BCUT2D eigenvalue weighted by atomic mass is 16.5. The van der Waals surface area contributed by atoms with Crippen molar-refractivity contribution >= 4 is 0 Å². The van der Waals surface area contributed by atoms with Crippen molar-refractivity contribution in [2.75, 3.05) is 33.3 Å². The molecular weight excluding hydrogens is 236 g/mol. The molecule has 1 saturated heterocycles. The number of likely N-dealkylation sites (tertiary alicyclic amines) is 1. The quantitative estimate of drug-likeness (QED) is 0.829. The molecule has 1 heterocycles. The van der Waals surface area contributed by atoms with E-state index in [9.17, 15) is 0 Å². The Bertz CT molecular complexity index is 279. The molecule has 0 amide bonds. The van der Waals surface area contributed by atoms with E-state index in [1.54, 1.807) is 0 Å². The molecule has 0 radical (unpaired) electrons. The highest BCUT2D eigenvalue weighted by molar-refractivity contribution is 4.93. The molecule has 0 aromatic rings. The fraction of sp³-hybridized carbons (Fsp3) is 1.00. The summed E-state index contributed by atoms with van der Waals surface area (Å²) in [5, 5.41) is 3.75. The average Bonchev–Trinajstić information content (AvgIpc) is 2.96. The summed E-state index contributed by atoms with van der Waals surface area (Å²) < 4.78 is 5.50. The minimum Gasteiger partial charge on any atom is -0.380 e. The van der Waals surface area contributed by atoms with Crippen LogP contribution >= 0.6 is 0 Å². The number of nitrogens with one attached hydrogen (secondary N) is 1. The molecule has 112 valence electrons. The predicted molar refractivity (Wildman–Crippen MR) is 80.5 cm³/mol. The Labute approximate surface area is 119 Å². The van der Waals surface area contributed by atoms with Crippen LogP contribution in [0.5, 0.6) is 0 Å². The Balaban J connectivity index is 1.88. The third-order valence-corrected chi connectivity index (χ3v) is 4.78. The highest BCUT2D eigenvalue weighted by Gasteiger charge is 2.37. The summed E-state index contributed by atoms with van der Waals surface area (Å²) in [4.78, 5) is 2.63. The van der Waals surface area contributed by atoms with Gasteiger partial charge in [0.25, 0.3) is 0 Å². The topological polar surface area (TPSA) is 24.5 Å². The maximum Gasteiger partial charge on any atom is 0.0710 e. The van der Waals surface area contributed by atoms with Crippen molar-refractivity contribution in [3.05, 3.63) is 0 Å². The van der Waals surface area contributed by atoms with Gasteiger partial charge in [-0.1, -0.05) is 12.8 Å². The molecule has 1 aliphatic carbocycles. The minimum atomic E-state index is 0.232. The van der Waals surface area contributed by atoms with Crippen LogP contribution in [0.15, 0.2) is 0 Å². The SMILES string of the molecule is COC1CCN(CC2(CNC(C)(C)C)CCCC2)C1. The molecule has 2 rings (SSSR count). The van der Waals surface area contributed by atoms with Crippen LogP contribution in [-0.4, -0.2) is 49.8 Å². The van der Waals surface area contributed by atoms with Crippen LogP contribution in [0.3, 0.4) is 0 Å². The number of ether oxygens (including phenoxy) is 1. The van der Waals surface area contributed by atoms with Crippen molar-refractivity contribution < 1.29 is 4.74 Å². The van der Waals surface area contributed by atoms with Crippen LogP contribution in [0.1, 0.15) is 52.9 Å². The molecule has 1 atom stereocenters. The molecule has 0 aromatic heterocycles. The first-order valence-corrected chi connectivity index (χ1v) is 7.93. The zero-order valence-electron chi connectivity index (χ0n) is 13.3. The number of hydrogen-bond donors (Lipinski definition) is 1. The van der Waals surface area contributed by atoms with Crippen molar-refractivity contribution in [3.63, 3.8) is 0 Å². The van der Waals surface area contributed by atoms with Crippen LogP contribution in [0.4, 0.5) is 0 Å². The van der Waals surface area contributed by atoms with Gasteiger partial charge in [0.05, 0.1) is 6.10 Å². The van der Waals surface area contributed by atoms with Crippen LogP contribution in [0.25, 0.3) is 0 Å². The lowest BCUT2D eigenvalue weighted by Gasteiger charge is -2.36. The molecule has 0 bridgehead atoms. The van der Waals surface area contributed by atoms with E-state index in [0.717, 1.165) is 6.54 Å². The third kappa shape index (κ3) is 4.44. The summed E-state index contributed by atoms with van der Waals surface area (Å²) in [6.07, 6.45) is 7.28. The molecule has 3 heteroatoms. The van der Waals surface area contributed by atoms with Gasteiger partial charge in [-0.05, 0) is 45.4 Å². The summed E-state index contributed by atoms with van der Waals surface area (Å²) in [5.41, 5.74) is 0.742. The third-order valence-electron chi connectivity index (χ3n) is 4.78. The van der Waals surface area contributed by atoms with Crippen molar-refractivity contribution in [1.82, 2.24) is 10.2 Å². The average molecular weight is 268 g/mol. The van der Waals surface area contributed by atoms with Gasteiger partial charge in [-0.2, -0.15) is 0 Å². The highest BCUT2D eigenvalue weighted by Crippen LogP contribution is 2.39. The van der Waals surface area contributed by atoms with E-state index in [4.69, 9.17) is 4.74 Å². The standard InChI is InChI=1S/C16H32N2O/c1-15(2,3)17-12-16(8-5-6-9-16)13-18-10-7-14(11-18)19-4/h14,17H,5-13H2,1-4H3. The molecule has 1 aliphatic heterocycles. The van der Waals surface area contributed by atoms with Gasteiger partial charge in [0.2, 0.25) is 0 Å². The second-order valence-electron chi connectivity index (χ2n) is 7.69. The van der Waals surface area contributed by atoms with Gasteiger partial charge < -0.3 is 15.0 Å². The van der Waals surface area contributed by atoms with Gasteiger partial charge >= 0.3 is 0 Å². The zero-order chi connectivity index (χ0) is 13.9. The first kappa shape index (κ1) is 15.3. The Morgan fingerprint density at radius 3 is 2.47 bits per heavy atom. The Kier molecular flexibility index (Phi) is 4.91. The molecule has 1 saturated carbocycles. The lowest BCUT2D eigenvalue weighted by atomic mass is 9.84. The van der Waals surface area contributed by atoms with Crippen LogP contribution in [0, 0.1) is 5.41 Å². The first-order chi connectivity index (χ1) is 8.92. The Morgan fingerprint density at radius 2 is 1.95 bits per heavy atom. The zero-order valence-corrected chi connectivity index (χ0v) is 13.3. The lowest BCUT2D eigenvalue weighted by Crippen LogP contribution is -2.47. The molecule has 1 N–H and O–H groups in total. The van der Waals surface area contributed by atoms with Crippen LogP contribution < -0.4 is 5.32 Å². The largest absolute Gasteiger partial charge is 0.380 e. The lowest BCUT2D eigenvalue weighted by molar-refractivity contribution is 0.0956. The van der Waals surface area contributed by atoms with E-state index < -0.39 is 0 Å². The normalized spacial score (nSPS) is 28.1. The van der Waals surface area contributed by atoms with E-state index in [0.29, 0.717) is 11.5 Å². The van der Waals surface area contributed by atoms with Gasteiger partial charge in [-0.3, -0.25) is 0 Å². The van der Waals surface area contributed by atoms with Gasteiger partial charge in [0.1, 0.15) is 0 Å². The fourth-order valence-electron chi connectivity index (χ4n) is 3.58.